The lowest BCUT2D eigenvalue weighted by Crippen LogP contribution is -2.27. The van der Waals surface area contributed by atoms with Crippen LogP contribution in [0.15, 0.2) is 23.8 Å². The van der Waals surface area contributed by atoms with Gasteiger partial charge in [0.05, 0.1) is 6.10 Å². The van der Waals surface area contributed by atoms with Crippen molar-refractivity contribution in [2.24, 2.45) is 11.8 Å². The highest BCUT2D eigenvalue weighted by Gasteiger charge is 2.41. The van der Waals surface area contributed by atoms with Gasteiger partial charge >= 0.3 is 11.9 Å². The molecule has 2 rings (SSSR count). The van der Waals surface area contributed by atoms with Gasteiger partial charge in [-0.2, -0.15) is 0 Å². The molecule has 0 unspecified atom stereocenters. The lowest BCUT2D eigenvalue weighted by molar-refractivity contribution is -0.145. The first-order chi connectivity index (χ1) is 10.3. The van der Waals surface area contributed by atoms with Crippen LogP contribution in [0.2, 0.25) is 0 Å². The topological polar surface area (TPSA) is 72.8 Å². The summed E-state index contributed by atoms with van der Waals surface area (Å²) >= 11 is 0. The predicted octanol–water partition coefficient (Wildman–Crippen LogP) is 2.14. The van der Waals surface area contributed by atoms with Crippen molar-refractivity contribution in [3.8, 4) is 0 Å². The molecule has 0 aromatic rings. The van der Waals surface area contributed by atoms with Gasteiger partial charge in [-0.25, -0.2) is 4.79 Å². The minimum Gasteiger partial charge on any atom is -0.458 e. The molecule has 2 aliphatic rings. The molecule has 122 valence electrons. The molecule has 1 heterocycles. The highest BCUT2D eigenvalue weighted by Crippen LogP contribution is 2.39. The van der Waals surface area contributed by atoms with E-state index in [0.717, 1.165) is 5.57 Å². The first kappa shape index (κ1) is 16.7. The molecule has 1 aliphatic heterocycles. The van der Waals surface area contributed by atoms with Gasteiger partial charge in [-0.15, -0.1) is 0 Å². The van der Waals surface area contributed by atoms with Crippen LogP contribution in [0, 0.1) is 11.8 Å². The molecule has 5 heteroatoms. The van der Waals surface area contributed by atoms with E-state index in [1.54, 1.807) is 6.92 Å². The summed E-state index contributed by atoms with van der Waals surface area (Å²) in [6, 6.07) is 0. The smallest absolute Gasteiger partial charge is 0.334 e. The van der Waals surface area contributed by atoms with E-state index >= 15 is 0 Å². The molecule has 1 fully saturated rings. The molecule has 1 saturated heterocycles. The van der Waals surface area contributed by atoms with Crippen molar-refractivity contribution in [3.63, 3.8) is 0 Å². The zero-order valence-electron chi connectivity index (χ0n) is 13.4. The number of hydrogen-bond donors (Lipinski definition) is 1. The van der Waals surface area contributed by atoms with E-state index in [4.69, 9.17) is 9.47 Å². The Morgan fingerprint density at radius 3 is 2.86 bits per heavy atom. The standard InChI is InChI=1S/C17H24O5/c1-9-7-15-14(11(3)17(20)22-15)6-5-13(9)16(8-10(2)18)21-12(4)19/h5,9-10,14-16,18H,3,6-8H2,1-2,4H3/t9-,10-,14+,15-,16-/m0/s1. The van der Waals surface area contributed by atoms with E-state index in [9.17, 15) is 14.7 Å². The average molecular weight is 308 g/mol. The summed E-state index contributed by atoms with van der Waals surface area (Å²) in [4.78, 5) is 23.0. The summed E-state index contributed by atoms with van der Waals surface area (Å²) < 4.78 is 10.8. The number of fused-ring (bicyclic) bond motifs is 1. The van der Waals surface area contributed by atoms with Crippen LogP contribution in [0.3, 0.4) is 0 Å². The molecule has 5 atom stereocenters. The maximum Gasteiger partial charge on any atom is 0.334 e. The molecular formula is C17H24O5. The Balaban J connectivity index is 2.21. The Bertz CT molecular complexity index is 505. The highest BCUT2D eigenvalue weighted by atomic mass is 16.6. The monoisotopic (exact) mass is 308 g/mol. The first-order valence-corrected chi connectivity index (χ1v) is 7.74. The van der Waals surface area contributed by atoms with Crippen molar-refractivity contribution in [2.75, 3.05) is 0 Å². The van der Waals surface area contributed by atoms with Crippen LogP contribution < -0.4 is 0 Å². The summed E-state index contributed by atoms with van der Waals surface area (Å²) in [7, 11) is 0. The van der Waals surface area contributed by atoms with Crippen molar-refractivity contribution < 1.29 is 24.2 Å². The second-order valence-electron chi connectivity index (χ2n) is 6.33. The third-order valence-electron chi connectivity index (χ3n) is 4.41. The minimum absolute atomic E-state index is 0.00280. The summed E-state index contributed by atoms with van der Waals surface area (Å²) in [6.45, 7) is 8.90. The van der Waals surface area contributed by atoms with Gasteiger partial charge in [-0.3, -0.25) is 4.79 Å². The first-order valence-electron chi connectivity index (χ1n) is 7.74. The zero-order valence-corrected chi connectivity index (χ0v) is 13.4. The Hall–Kier alpha value is -1.62. The van der Waals surface area contributed by atoms with Crippen molar-refractivity contribution in [3.05, 3.63) is 23.8 Å². The minimum atomic E-state index is -0.562. The summed E-state index contributed by atoms with van der Waals surface area (Å²) in [5, 5.41) is 9.66. The molecule has 22 heavy (non-hydrogen) atoms. The molecular weight excluding hydrogens is 284 g/mol. The van der Waals surface area contributed by atoms with Gasteiger partial charge in [0.2, 0.25) is 0 Å². The molecule has 0 bridgehead atoms. The number of carbonyl (C=O) groups excluding carboxylic acids is 2. The number of hydrogen-bond acceptors (Lipinski definition) is 5. The summed E-state index contributed by atoms with van der Waals surface area (Å²) in [5.74, 6) is -0.563. The van der Waals surface area contributed by atoms with E-state index in [0.29, 0.717) is 24.8 Å². The fourth-order valence-corrected chi connectivity index (χ4v) is 3.34. The summed E-state index contributed by atoms with van der Waals surface area (Å²) in [5.41, 5.74) is 1.52. The molecule has 1 N–H and O–H groups in total. The third-order valence-corrected chi connectivity index (χ3v) is 4.41. The van der Waals surface area contributed by atoms with Crippen LogP contribution in [-0.2, 0) is 19.1 Å². The average Bonchev–Trinajstić information content (AvgIpc) is 2.56. The molecule has 0 saturated carbocycles. The highest BCUT2D eigenvalue weighted by molar-refractivity contribution is 5.90. The van der Waals surface area contributed by atoms with E-state index in [1.165, 1.54) is 6.92 Å². The Labute approximate surface area is 131 Å². The molecule has 0 amide bonds. The Morgan fingerprint density at radius 2 is 2.27 bits per heavy atom. The number of aliphatic hydroxyl groups excluding tert-OH is 1. The van der Waals surface area contributed by atoms with Gasteiger partial charge in [0.15, 0.2) is 0 Å². The fourth-order valence-electron chi connectivity index (χ4n) is 3.34. The number of rotatable bonds is 4. The molecule has 1 aliphatic carbocycles. The van der Waals surface area contributed by atoms with Crippen LogP contribution in [0.4, 0.5) is 0 Å². The van der Waals surface area contributed by atoms with Gasteiger partial charge in [0, 0.05) is 24.8 Å². The SMILES string of the molecule is C=C1C(=O)O[C@H]2C[C@H](C)C([C@H](C[C@H](C)O)OC(C)=O)=CC[C@H]12. The Kier molecular flexibility index (Phi) is 5.06. The van der Waals surface area contributed by atoms with E-state index in [1.807, 2.05) is 13.0 Å². The van der Waals surface area contributed by atoms with Crippen LogP contribution in [-0.4, -0.2) is 35.4 Å². The molecule has 0 aromatic carbocycles. The maximum absolute atomic E-state index is 11.6. The number of allylic oxidation sites excluding steroid dienone is 1. The Morgan fingerprint density at radius 1 is 1.59 bits per heavy atom. The van der Waals surface area contributed by atoms with E-state index in [2.05, 4.69) is 6.58 Å². The predicted molar refractivity (Wildman–Crippen MR) is 80.8 cm³/mol. The molecule has 0 aromatic heterocycles. The zero-order chi connectivity index (χ0) is 16.4. The fraction of sp³-hybridized carbons (Fsp3) is 0.647. The van der Waals surface area contributed by atoms with Crippen molar-refractivity contribution in [2.45, 2.75) is 58.3 Å². The molecule has 5 nitrogen and oxygen atoms in total. The van der Waals surface area contributed by atoms with E-state index < -0.39 is 12.2 Å². The maximum atomic E-state index is 11.6. The normalized spacial score (nSPS) is 30.7. The van der Waals surface area contributed by atoms with Gasteiger partial charge in [0.1, 0.15) is 12.2 Å². The third kappa shape index (κ3) is 3.58. The van der Waals surface area contributed by atoms with Crippen LogP contribution in [0.5, 0.6) is 0 Å². The van der Waals surface area contributed by atoms with Crippen molar-refractivity contribution in [1.82, 2.24) is 0 Å². The second-order valence-corrected chi connectivity index (χ2v) is 6.33. The second kappa shape index (κ2) is 6.65. The number of esters is 2. The van der Waals surface area contributed by atoms with Crippen molar-refractivity contribution >= 4 is 11.9 Å². The number of ether oxygens (including phenoxy) is 2. The summed E-state index contributed by atoms with van der Waals surface area (Å²) in [6.07, 6.45) is 2.56. The largest absolute Gasteiger partial charge is 0.458 e. The van der Waals surface area contributed by atoms with Gasteiger partial charge in [0.25, 0.3) is 0 Å². The molecule has 0 radical (unpaired) electrons. The van der Waals surface area contributed by atoms with E-state index in [-0.39, 0.29) is 29.9 Å². The van der Waals surface area contributed by atoms with Gasteiger partial charge in [-0.05, 0) is 31.3 Å². The lowest BCUT2D eigenvalue weighted by Gasteiger charge is -2.26. The number of carbonyl (C=O) groups is 2. The van der Waals surface area contributed by atoms with Gasteiger partial charge in [-0.1, -0.05) is 19.6 Å². The van der Waals surface area contributed by atoms with Crippen LogP contribution >= 0.6 is 0 Å². The van der Waals surface area contributed by atoms with Crippen LogP contribution in [0.1, 0.15) is 40.0 Å². The van der Waals surface area contributed by atoms with Crippen molar-refractivity contribution in [1.29, 1.82) is 0 Å². The van der Waals surface area contributed by atoms with Crippen LogP contribution in [0.25, 0.3) is 0 Å². The number of aliphatic hydroxyl groups is 1. The van der Waals surface area contributed by atoms with Gasteiger partial charge < -0.3 is 14.6 Å². The quantitative estimate of drug-likeness (QED) is 0.489. The lowest BCUT2D eigenvalue weighted by atomic mass is 9.88. The molecule has 0 spiro atoms.